The van der Waals surface area contributed by atoms with E-state index < -0.39 is 0 Å². The first kappa shape index (κ1) is 13.7. The lowest BCUT2D eigenvalue weighted by Crippen LogP contribution is -2.27. The van der Waals surface area contributed by atoms with E-state index in [1.54, 1.807) is 0 Å². The maximum Gasteiger partial charge on any atom is 0.0678 e. The van der Waals surface area contributed by atoms with E-state index in [1.165, 1.54) is 5.57 Å². The van der Waals surface area contributed by atoms with Crippen LogP contribution in [0.4, 0.5) is 0 Å². The Morgan fingerprint density at radius 3 is 2.62 bits per heavy atom. The molecule has 0 radical (unpaired) electrons. The molecule has 1 saturated heterocycles. The summed E-state index contributed by atoms with van der Waals surface area (Å²) in [6.45, 7) is 8.66. The van der Waals surface area contributed by atoms with E-state index >= 15 is 0 Å². The van der Waals surface area contributed by atoms with Gasteiger partial charge in [0.25, 0.3) is 0 Å². The molecule has 0 amide bonds. The second kappa shape index (κ2) is 7.05. The molecule has 0 aromatic heterocycles. The first-order chi connectivity index (χ1) is 7.59. The number of rotatable bonds is 6. The molecule has 1 aliphatic rings. The van der Waals surface area contributed by atoms with Gasteiger partial charge in [-0.3, -0.25) is 0 Å². The van der Waals surface area contributed by atoms with Crippen molar-refractivity contribution in [3.05, 3.63) is 12.2 Å². The van der Waals surface area contributed by atoms with Crippen molar-refractivity contribution in [2.45, 2.75) is 38.3 Å². The molecule has 94 valence electrons. The number of hydrogen-bond donors (Lipinski definition) is 0. The zero-order valence-corrected chi connectivity index (χ0v) is 10.9. The smallest absolute Gasteiger partial charge is 0.0678 e. The summed E-state index contributed by atoms with van der Waals surface area (Å²) in [5.74, 6) is 0. The minimum Gasteiger partial charge on any atom is -0.381 e. The van der Waals surface area contributed by atoms with Crippen molar-refractivity contribution in [2.75, 3.05) is 33.9 Å². The van der Waals surface area contributed by atoms with Crippen molar-refractivity contribution >= 4 is 0 Å². The zero-order valence-electron chi connectivity index (χ0n) is 10.9. The van der Waals surface area contributed by atoms with E-state index in [9.17, 15) is 0 Å². The van der Waals surface area contributed by atoms with Gasteiger partial charge in [0.05, 0.1) is 12.7 Å². The van der Waals surface area contributed by atoms with Gasteiger partial charge < -0.3 is 14.4 Å². The van der Waals surface area contributed by atoms with Crippen molar-refractivity contribution in [1.29, 1.82) is 0 Å². The molecule has 1 rings (SSSR count). The molecule has 0 bridgehead atoms. The molecular weight excluding hydrogens is 202 g/mol. The van der Waals surface area contributed by atoms with Crippen molar-refractivity contribution in [3.63, 3.8) is 0 Å². The Hall–Kier alpha value is -0.380. The maximum absolute atomic E-state index is 5.83. The lowest BCUT2D eigenvalue weighted by Gasteiger charge is -2.24. The molecule has 0 saturated carbocycles. The van der Waals surface area contributed by atoms with E-state index in [2.05, 4.69) is 32.5 Å². The van der Waals surface area contributed by atoms with Crippen LogP contribution in [0.25, 0.3) is 0 Å². The van der Waals surface area contributed by atoms with Gasteiger partial charge in [0.1, 0.15) is 0 Å². The first-order valence-electron chi connectivity index (χ1n) is 6.12. The van der Waals surface area contributed by atoms with Crippen LogP contribution in [0.15, 0.2) is 12.2 Å². The second-order valence-corrected chi connectivity index (χ2v) is 4.89. The van der Waals surface area contributed by atoms with E-state index in [0.717, 1.165) is 32.5 Å². The highest BCUT2D eigenvalue weighted by Crippen LogP contribution is 2.14. The van der Waals surface area contributed by atoms with Crippen LogP contribution in [-0.4, -0.2) is 51.0 Å². The van der Waals surface area contributed by atoms with E-state index in [0.29, 0.717) is 18.8 Å². The fourth-order valence-electron chi connectivity index (χ4n) is 1.74. The molecule has 1 atom stereocenters. The van der Waals surface area contributed by atoms with Crippen molar-refractivity contribution in [2.24, 2.45) is 0 Å². The highest BCUT2D eigenvalue weighted by Gasteiger charge is 2.15. The molecule has 1 fully saturated rings. The Morgan fingerprint density at radius 1 is 1.44 bits per heavy atom. The molecular formula is C13H25NO2. The molecule has 0 aromatic rings. The summed E-state index contributed by atoms with van der Waals surface area (Å²) in [7, 11) is 4.19. The van der Waals surface area contributed by atoms with Crippen LogP contribution in [0.2, 0.25) is 0 Å². The average Bonchev–Trinajstić information content (AvgIpc) is 2.27. The van der Waals surface area contributed by atoms with Crippen LogP contribution in [0.3, 0.4) is 0 Å². The second-order valence-electron chi connectivity index (χ2n) is 4.89. The summed E-state index contributed by atoms with van der Waals surface area (Å²) in [5.41, 5.74) is 1.19. The quantitative estimate of drug-likeness (QED) is 0.648. The van der Waals surface area contributed by atoms with Crippen molar-refractivity contribution in [1.82, 2.24) is 4.90 Å². The predicted octanol–water partition coefficient (Wildman–Crippen LogP) is 2.08. The van der Waals surface area contributed by atoms with Crippen LogP contribution in [0, 0.1) is 0 Å². The van der Waals surface area contributed by atoms with E-state index in [1.807, 2.05) is 0 Å². The highest BCUT2D eigenvalue weighted by molar-refractivity contribution is 4.97. The van der Waals surface area contributed by atoms with Crippen LogP contribution >= 0.6 is 0 Å². The standard InChI is InChI=1S/C13H25NO2/c1-11(9-12(2)14(3)4)10-16-13-5-7-15-8-6-13/h12-13H,1,5-10H2,2-4H3. The molecule has 1 heterocycles. The van der Waals surface area contributed by atoms with Gasteiger partial charge in [-0.05, 0) is 40.3 Å². The summed E-state index contributed by atoms with van der Waals surface area (Å²) >= 11 is 0. The molecule has 1 unspecified atom stereocenters. The van der Waals surface area contributed by atoms with Crippen molar-refractivity contribution < 1.29 is 9.47 Å². The Labute approximate surface area is 99.4 Å². The van der Waals surface area contributed by atoms with E-state index in [4.69, 9.17) is 9.47 Å². The Bertz CT molecular complexity index is 210. The monoisotopic (exact) mass is 227 g/mol. The zero-order chi connectivity index (χ0) is 12.0. The summed E-state index contributed by atoms with van der Waals surface area (Å²) in [6, 6.07) is 0.533. The maximum atomic E-state index is 5.83. The van der Waals surface area contributed by atoms with Gasteiger partial charge in [-0.25, -0.2) is 0 Å². The molecule has 1 aliphatic heterocycles. The third kappa shape index (κ3) is 5.10. The molecule has 0 aromatic carbocycles. The number of nitrogens with zero attached hydrogens (tertiary/aromatic N) is 1. The largest absolute Gasteiger partial charge is 0.381 e. The number of hydrogen-bond acceptors (Lipinski definition) is 3. The summed E-state index contributed by atoms with van der Waals surface area (Å²) in [4.78, 5) is 2.21. The van der Waals surface area contributed by atoms with Crippen LogP contribution in [0.5, 0.6) is 0 Å². The van der Waals surface area contributed by atoms with Gasteiger partial charge in [-0.15, -0.1) is 0 Å². The lowest BCUT2D eigenvalue weighted by atomic mass is 10.1. The van der Waals surface area contributed by atoms with Crippen LogP contribution in [-0.2, 0) is 9.47 Å². The lowest BCUT2D eigenvalue weighted by molar-refractivity contribution is -0.0249. The fourth-order valence-corrected chi connectivity index (χ4v) is 1.74. The van der Waals surface area contributed by atoms with Crippen LogP contribution < -0.4 is 0 Å². The van der Waals surface area contributed by atoms with Gasteiger partial charge in [-0.1, -0.05) is 12.2 Å². The molecule has 0 N–H and O–H groups in total. The van der Waals surface area contributed by atoms with Crippen LogP contribution in [0.1, 0.15) is 26.2 Å². The van der Waals surface area contributed by atoms with E-state index in [-0.39, 0.29) is 0 Å². The van der Waals surface area contributed by atoms with Gasteiger partial charge in [0, 0.05) is 19.3 Å². The topological polar surface area (TPSA) is 21.7 Å². The Kier molecular flexibility index (Phi) is 6.03. The molecule has 0 aliphatic carbocycles. The molecule has 16 heavy (non-hydrogen) atoms. The van der Waals surface area contributed by atoms with Gasteiger partial charge >= 0.3 is 0 Å². The third-order valence-corrected chi connectivity index (χ3v) is 3.16. The van der Waals surface area contributed by atoms with Gasteiger partial charge in [0.2, 0.25) is 0 Å². The molecule has 0 spiro atoms. The summed E-state index contributed by atoms with van der Waals surface area (Å²) in [6.07, 6.45) is 3.43. The minimum absolute atomic E-state index is 0.375. The SMILES string of the molecule is C=C(COC1CCOCC1)CC(C)N(C)C. The fraction of sp³-hybridized carbons (Fsp3) is 0.846. The first-order valence-corrected chi connectivity index (χ1v) is 6.12. The van der Waals surface area contributed by atoms with Gasteiger partial charge in [-0.2, -0.15) is 0 Å². The van der Waals surface area contributed by atoms with Crippen molar-refractivity contribution in [3.8, 4) is 0 Å². The average molecular weight is 227 g/mol. The summed E-state index contributed by atoms with van der Waals surface area (Å²) < 4.78 is 11.1. The third-order valence-electron chi connectivity index (χ3n) is 3.16. The molecule has 3 nitrogen and oxygen atoms in total. The Balaban J connectivity index is 2.14. The van der Waals surface area contributed by atoms with Gasteiger partial charge in [0.15, 0.2) is 0 Å². The number of ether oxygens (including phenoxy) is 2. The summed E-state index contributed by atoms with van der Waals surface area (Å²) in [5, 5.41) is 0. The Morgan fingerprint density at radius 2 is 2.06 bits per heavy atom. The normalized spacial score (nSPS) is 20.0. The highest BCUT2D eigenvalue weighted by atomic mass is 16.5. The molecule has 3 heteroatoms. The minimum atomic E-state index is 0.375. The predicted molar refractivity (Wildman–Crippen MR) is 66.7 cm³/mol.